The fourth-order valence-corrected chi connectivity index (χ4v) is 1.10. The molecule has 1 aromatic carbocycles. The van der Waals surface area contributed by atoms with Crippen LogP contribution in [0.1, 0.15) is 12.8 Å². The quantitative estimate of drug-likeness (QED) is 0.529. The molecule has 13 heavy (non-hydrogen) atoms. The van der Waals surface area contributed by atoms with Crippen molar-refractivity contribution in [3.05, 3.63) is 29.3 Å². The number of halogens is 1. The van der Waals surface area contributed by atoms with Gasteiger partial charge in [-0.3, -0.25) is 0 Å². The van der Waals surface area contributed by atoms with Crippen LogP contribution in [0.2, 0.25) is 5.02 Å². The van der Waals surface area contributed by atoms with Gasteiger partial charge in [0.15, 0.2) is 0 Å². The molecule has 0 aliphatic rings. The Balaban J connectivity index is 2.33. The van der Waals surface area contributed by atoms with Gasteiger partial charge in [-0.15, -0.1) is 12.3 Å². The molecule has 1 aromatic rings. The van der Waals surface area contributed by atoms with E-state index in [2.05, 4.69) is 5.92 Å². The Kier molecular flexibility index (Phi) is 4.21. The molecule has 0 heterocycles. The van der Waals surface area contributed by atoms with Gasteiger partial charge in [0.05, 0.1) is 6.61 Å². The minimum absolute atomic E-state index is 0.643. The molecule has 1 nitrogen and oxygen atoms in total. The zero-order valence-corrected chi connectivity index (χ0v) is 8.05. The smallest absolute Gasteiger partial charge is 0.120 e. The van der Waals surface area contributed by atoms with Crippen molar-refractivity contribution in [1.82, 2.24) is 0 Å². The summed E-state index contributed by atoms with van der Waals surface area (Å²) in [5.74, 6) is 3.36. The Morgan fingerprint density at radius 1 is 1.46 bits per heavy atom. The topological polar surface area (TPSA) is 9.23 Å². The summed E-state index contributed by atoms with van der Waals surface area (Å²) in [6, 6.07) is 7.34. The minimum Gasteiger partial charge on any atom is -0.494 e. The van der Waals surface area contributed by atoms with Crippen molar-refractivity contribution in [1.29, 1.82) is 0 Å². The van der Waals surface area contributed by atoms with E-state index in [0.29, 0.717) is 11.6 Å². The van der Waals surface area contributed by atoms with Crippen LogP contribution < -0.4 is 4.74 Å². The molecule has 2 heteroatoms. The maximum Gasteiger partial charge on any atom is 0.120 e. The van der Waals surface area contributed by atoms with Gasteiger partial charge in [0.25, 0.3) is 0 Å². The molecular weight excluding hydrogens is 184 g/mol. The van der Waals surface area contributed by atoms with Crippen LogP contribution in [0.25, 0.3) is 0 Å². The van der Waals surface area contributed by atoms with Crippen LogP contribution in [0.3, 0.4) is 0 Å². The van der Waals surface area contributed by atoms with Crippen molar-refractivity contribution in [2.24, 2.45) is 0 Å². The molecule has 0 aliphatic carbocycles. The fourth-order valence-electron chi connectivity index (χ4n) is 0.921. The monoisotopic (exact) mass is 194 g/mol. The average molecular weight is 195 g/mol. The van der Waals surface area contributed by atoms with Gasteiger partial charge in [-0.1, -0.05) is 17.7 Å². The first-order chi connectivity index (χ1) is 6.33. The maximum atomic E-state index is 5.77. The zero-order chi connectivity index (χ0) is 9.52. The largest absolute Gasteiger partial charge is 0.494 e. The van der Waals surface area contributed by atoms with Crippen molar-refractivity contribution < 1.29 is 4.74 Å². The molecule has 0 radical (unpaired) electrons. The summed E-state index contributed by atoms with van der Waals surface area (Å²) in [4.78, 5) is 0. The zero-order valence-electron chi connectivity index (χ0n) is 7.29. The van der Waals surface area contributed by atoms with Crippen molar-refractivity contribution in [3.8, 4) is 18.1 Å². The number of hydrogen-bond acceptors (Lipinski definition) is 1. The molecule has 0 amide bonds. The molecule has 68 valence electrons. The van der Waals surface area contributed by atoms with Gasteiger partial charge < -0.3 is 4.74 Å². The third-order valence-electron chi connectivity index (χ3n) is 1.53. The van der Waals surface area contributed by atoms with E-state index < -0.39 is 0 Å². The fraction of sp³-hybridized carbons (Fsp3) is 0.273. The van der Waals surface area contributed by atoms with Crippen molar-refractivity contribution in [3.63, 3.8) is 0 Å². The predicted octanol–water partition coefficient (Wildman–Crippen LogP) is 3.13. The first-order valence-electron chi connectivity index (χ1n) is 4.15. The second kappa shape index (κ2) is 5.50. The Bertz CT molecular complexity index is 301. The number of terminal acetylenes is 1. The van der Waals surface area contributed by atoms with E-state index in [1.54, 1.807) is 6.07 Å². The van der Waals surface area contributed by atoms with Gasteiger partial charge >= 0.3 is 0 Å². The van der Waals surface area contributed by atoms with Crippen LogP contribution in [0, 0.1) is 12.3 Å². The van der Waals surface area contributed by atoms with Gasteiger partial charge in [-0.25, -0.2) is 0 Å². The summed E-state index contributed by atoms with van der Waals surface area (Å²) in [5, 5.41) is 0.689. The lowest BCUT2D eigenvalue weighted by Gasteiger charge is -2.04. The third-order valence-corrected chi connectivity index (χ3v) is 1.77. The van der Waals surface area contributed by atoms with Crippen LogP contribution in [-0.4, -0.2) is 6.61 Å². The highest BCUT2D eigenvalue weighted by molar-refractivity contribution is 6.30. The van der Waals surface area contributed by atoms with Crippen LogP contribution in [0.4, 0.5) is 0 Å². The second-order valence-electron chi connectivity index (χ2n) is 2.61. The molecule has 0 bridgehead atoms. The number of benzene rings is 1. The highest BCUT2D eigenvalue weighted by atomic mass is 35.5. The van der Waals surface area contributed by atoms with E-state index >= 15 is 0 Å². The predicted molar refractivity (Wildman–Crippen MR) is 55.0 cm³/mol. The standard InChI is InChI=1S/C11H11ClO/c1-2-3-4-8-13-11-7-5-6-10(12)9-11/h1,5-7,9H,3-4,8H2. The first-order valence-corrected chi connectivity index (χ1v) is 4.52. The highest BCUT2D eigenvalue weighted by Gasteiger charge is 1.93. The Morgan fingerprint density at radius 3 is 3.00 bits per heavy atom. The minimum atomic E-state index is 0.643. The summed E-state index contributed by atoms with van der Waals surface area (Å²) >= 11 is 5.77. The molecule has 1 rings (SSSR count). The summed E-state index contributed by atoms with van der Waals surface area (Å²) in [5.41, 5.74) is 0. The summed E-state index contributed by atoms with van der Waals surface area (Å²) < 4.78 is 5.41. The van der Waals surface area contributed by atoms with E-state index in [1.165, 1.54) is 0 Å². The molecule has 0 atom stereocenters. The molecular formula is C11H11ClO. The molecule has 0 unspecified atom stereocenters. The van der Waals surface area contributed by atoms with E-state index in [9.17, 15) is 0 Å². The Hall–Kier alpha value is -1.13. The number of hydrogen-bond donors (Lipinski definition) is 0. The van der Waals surface area contributed by atoms with Crippen LogP contribution in [0.15, 0.2) is 24.3 Å². The van der Waals surface area contributed by atoms with Crippen molar-refractivity contribution >= 4 is 11.6 Å². The van der Waals surface area contributed by atoms with Gasteiger partial charge in [0.2, 0.25) is 0 Å². The molecule has 0 saturated heterocycles. The maximum absolute atomic E-state index is 5.77. The highest BCUT2D eigenvalue weighted by Crippen LogP contribution is 2.17. The lowest BCUT2D eigenvalue weighted by molar-refractivity contribution is 0.313. The lowest BCUT2D eigenvalue weighted by Crippen LogP contribution is -1.96. The van der Waals surface area contributed by atoms with E-state index in [-0.39, 0.29) is 0 Å². The van der Waals surface area contributed by atoms with E-state index in [4.69, 9.17) is 22.8 Å². The average Bonchev–Trinajstić information content (AvgIpc) is 2.13. The van der Waals surface area contributed by atoms with Gasteiger partial charge in [-0.05, 0) is 24.6 Å². The Labute approximate surface area is 83.7 Å². The third kappa shape index (κ3) is 3.87. The molecule has 0 fully saturated rings. The number of unbranched alkanes of at least 4 members (excludes halogenated alkanes) is 1. The molecule has 0 spiro atoms. The van der Waals surface area contributed by atoms with Gasteiger partial charge in [-0.2, -0.15) is 0 Å². The number of rotatable bonds is 4. The van der Waals surface area contributed by atoms with Crippen LogP contribution >= 0.6 is 11.6 Å². The molecule has 0 aliphatic heterocycles. The SMILES string of the molecule is C#CCCCOc1cccc(Cl)c1. The van der Waals surface area contributed by atoms with E-state index in [0.717, 1.165) is 18.6 Å². The molecule has 0 N–H and O–H groups in total. The molecule has 0 saturated carbocycles. The van der Waals surface area contributed by atoms with Gasteiger partial charge in [0.1, 0.15) is 5.75 Å². The lowest BCUT2D eigenvalue weighted by atomic mass is 10.3. The number of ether oxygens (including phenoxy) is 1. The van der Waals surface area contributed by atoms with Crippen LogP contribution in [0.5, 0.6) is 5.75 Å². The summed E-state index contributed by atoms with van der Waals surface area (Å²) in [6.07, 6.45) is 6.73. The Morgan fingerprint density at radius 2 is 2.31 bits per heavy atom. The first kappa shape index (κ1) is 9.95. The van der Waals surface area contributed by atoms with E-state index in [1.807, 2.05) is 18.2 Å². The second-order valence-corrected chi connectivity index (χ2v) is 3.05. The van der Waals surface area contributed by atoms with Crippen LogP contribution in [-0.2, 0) is 0 Å². The van der Waals surface area contributed by atoms with Gasteiger partial charge in [0, 0.05) is 11.4 Å². The normalized spacial score (nSPS) is 9.23. The summed E-state index contributed by atoms with van der Waals surface area (Å²) in [7, 11) is 0. The molecule has 0 aromatic heterocycles. The van der Waals surface area contributed by atoms with Crippen molar-refractivity contribution in [2.75, 3.05) is 6.61 Å². The summed E-state index contributed by atoms with van der Waals surface area (Å²) in [6.45, 7) is 0.643. The van der Waals surface area contributed by atoms with Crippen molar-refractivity contribution in [2.45, 2.75) is 12.8 Å².